The summed E-state index contributed by atoms with van der Waals surface area (Å²) in [4.78, 5) is 12.2. The highest BCUT2D eigenvalue weighted by Gasteiger charge is 2.30. The summed E-state index contributed by atoms with van der Waals surface area (Å²) in [7, 11) is 1.47. The molecule has 0 fully saturated rings. The van der Waals surface area contributed by atoms with Crippen LogP contribution in [0.15, 0.2) is 42.5 Å². The lowest BCUT2D eigenvalue weighted by molar-refractivity contribution is -0.274. The van der Waals surface area contributed by atoms with Gasteiger partial charge in [0.15, 0.2) is 0 Å². The predicted octanol–water partition coefficient (Wildman–Crippen LogP) is 2.85. The van der Waals surface area contributed by atoms with Gasteiger partial charge in [-0.3, -0.25) is 4.79 Å². The molecule has 1 amide bonds. The van der Waals surface area contributed by atoms with Crippen LogP contribution in [0, 0.1) is 0 Å². The fraction of sp³-hybridized carbons (Fsp3) is 0.250. The van der Waals surface area contributed by atoms with Crippen LogP contribution in [0.4, 0.5) is 13.2 Å². The van der Waals surface area contributed by atoms with E-state index in [0.717, 1.165) is 0 Å². The van der Waals surface area contributed by atoms with Crippen LogP contribution in [0.5, 0.6) is 11.5 Å². The Bertz CT molecular complexity index is 850. The van der Waals surface area contributed by atoms with E-state index in [2.05, 4.69) is 10.1 Å². The zero-order valence-electron chi connectivity index (χ0n) is 15.4. The molecule has 2 aromatic carbocycles. The predicted molar refractivity (Wildman–Crippen MR) is 100 cm³/mol. The largest absolute Gasteiger partial charge is 0.573 e. The molecule has 0 saturated carbocycles. The first-order valence-electron chi connectivity index (χ1n) is 8.51. The number of amides is 1. The number of hydrogen-bond acceptors (Lipinski definition) is 5. The van der Waals surface area contributed by atoms with E-state index in [1.807, 2.05) is 0 Å². The number of rotatable bonds is 8. The lowest BCUT2D eigenvalue weighted by Crippen LogP contribution is -2.33. The fourth-order valence-corrected chi connectivity index (χ4v) is 2.35. The molecule has 6 nitrogen and oxygen atoms in total. The summed E-state index contributed by atoms with van der Waals surface area (Å²) in [5.74, 6) is -0.273. The minimum Gasteiger partial charge on any atom is -0.496 e. The molecule has 0 saturated heterocycles. The zero-order chi connectivity index (χ0) is 21.4. The first-order chi connectivity index (χ1) is 13.7. The van der Waals surface area contributed by atoms with Crippen LogP contribution in [0.3, 0.4) is 0 Å². The number of nitrogens with one attached hydrogen (secondary N) is 1. The van der Waals surface area contributed by atoms with Crippen LogP contribution in [-0.4, -0.2) is 48.8 Å². The van der Waals surface area contributed by atoms with Crippen molar-refractivity contribution in [2.24, 2.45) is 0 Å². The van der Waals surface area contributed by atoms with Gasteiger partial charge < -0.3 is 25.0 Å². The summed E-state index contributed by atoms with van der Waals surface area (Å²) in [5, 5.41) is 20.6. The Morgan fingerprint density at radius 2 is 1.86 bits per heavy atom. The lowest BCUT2D eigenvalue weighted by atomic mass is 10.1. The average molecular weight is 411 g/mol. The summed E-state index contributed by atoms with van der Waals surface area (Å²) in [5.41, 5.74) is 1.49. The van der Waals surface area contributed by atoms with Gasteiger partial charge in [-0.15, -0.1) is 13.2 Å². The van der Waals surface area contributed by atoms with Gasteiger partial charge in [-0.05, 0) is 35.9 Å². The highest BCUT2D eigenvalue weighted by Crippen LogP contribution is 2.25. The van der Waals surface area contributed by atoms with Crippen molar-refractivity contribution >= 4 is 18.1 Å². The Hall–Kier alpha value is -3.04. The minimum absolute atomic E-state index is 0.0983. The number of hydrogen-bond donors (Lipinski definition) is 3. The molecule has 0 aliphatic carbocycles. The van der Waals surface area contributed by atoms with Crippen molar-refractivity contribution in [1.82, 2.24) is 5.32 Å². The molecule has 0 heterocycles. The third-order valence-corrected chi connectivity index (χ3v) is 3.77. The summed E-state index contributed by atoms with van der Waals surface area (Å²) >= 11 is 0. The van der Waals surface area contributed by atoms with E-state index in [1.165, 1.54) is 31.4 Å². The molecule has 156 valence electrons. The Labute approximate surface area is 165 Å². The second kappa shape index (κ2) is 9.94. The van der Waals surface area contributed by atoms with Crippen LogP contribution in [-0.2, 0) is 0 Å². The highest BCUT2D eigenvalue weighted by atomic mass is 19.4. The molecule has 1 unspecified atom stereocenters. The number of benzene rings is 2. The molecule has 3 N–H and O–H groups in total. The zero-order valence-corrected chi connectivity index (χ0v) is 15.4. The number of ether oxygens (including phenoxy) is 2. The van der Waals surface area contributed by atoms with Gasteiger partial charge in [0.25, 0.3) is 5.91 Å². The third-order valence-electron chi connectivity index (χ3n) is 3.77. The number of carbonyl (C=O) groups is 1. The number of aliphatic hydroxyl groups is 2. The van der Waals surface area contributed by atoms with E-state index in [1.54, 1.807) is 30.4 Å². The van der Waals surface area contributed by atoms with E-state index in [4.69, 9.17) is 9.84 Å². The number of methoxy groups -OCH3 is 1. The summed E-state index contributed by atoms with van der Waals surface area (Å²) in [6.45, 7) is -0.567. The molecule has 0 radical (unpaired) electrons. The van der Waals surface area contributed by atoms with Crippen LogP contribution in [0.1, 0.15) is 21.5 Å². The SMILES string of the molecule is COc1ccc(C(=O)NCC(O)CO)cc1/C=C/c1ccc(OC(F)(F)F)cc1. The Morgan fingerprint density at radius 3 is 2.45 bits per heavy atom. The second-order valence-electron chi connectivity index (χ2n) is 5.95. The maximum absolute atomic E-state index is 12.2. The number of alkyl halides is 3. The normalized spacial score (nSPS) is 12.6. The molecule has 0 aliphatic heterocycles. The number of aliphatic hydroxyl groups excluding tert-OH is 2. The molecule has 1 atom stereocenters. The molecule has 0 spiro atoms. The van der Waals surface area contributed by atoms with Gasteiger partial charge in [-0.2, -0.15) is 0 Å². The maximum atomic E-state index is 12.2. The molecule has 9 heteroatoms. The average Bonchev–Trinajstić information content (AvgIpc) is 2.69. The molecule has 0 bridgehead atoms. The molecule has 2 rings (SSSR count). The number of halogens is 3. The monoisotopic (exact) mass is 411 g/mol. The van der Waals surface area contributed by atoms with E-state index < -0.39 is 25.0 Å². The summed E-state index contributed by atoms with van der Waals surface area (Å²) < 4.78 is 45.7. The van der Waals surface area contributed by atoms with Crippen LogP contribution >= 0.6 is 0 Å². The van der Waals surface area contributed by atoms with Gasteiger partial charge in [0.2, 0.25) is 0 Å². The van der Waals surface area contributed by atoms with Gasteiger partial charge in [-0.1, -0.05) is 24.3 Å². The van der Waals surface area contributed by atoms with Gasteiger partial charge in [0.1, 0.15) is 11.5 Å². The molecule has 0 aliphatic rings. The Kier molecular flexibility index (Phi) is 7.63. The Morgan fingerprint density at radius 1 is 1.17 bits per heavy atom. The summed E-state index contributed by atoms with van der Waals surface area (Å²) in [6.07, 6.45) is -2.51. The van der Waals surface area contributed by atoms with E-state index in [-0.39, 0.29) is 12.3 Å². The molecule has 29 heavy (non-hydrogen) atoms. The highest BCUT2D eigenvalue weighted by molar-refractivity contribution is 5.95. The summed E-state index contributed by atoms with van der Waals surface area (Å²) in [6, 6.07) is 10.0. The second-order valence-corrected chi connectivity index (χ2v) is 5.95. The quantitative estimate of drug-likeness (QED) is 0.582. The third kappa shape index (κ3) is 7.13. The van der Waals surface area contributed by atoms with Crippen molar-refractivity contribution in [2.75, 3.05) is 20.3 Å². The van der Waals surface area contributed by atoms with Gasteiger partial charge in [0, 0.05) is 17.7 Å². The fourth-order valence-electron chi connectivity index (χ4n) is 2.35. The first kappa shape index (κ1) is 22.3. The molecule has 2 aromatic rings. The van der Waals surface area contributed by atoms with Crippen molar-refractivity contribution in [1.29, 1.82) is 0 Å². The van der Waals surface area contributed by atoms with Gasteiger partial charge >= 0.3 is 6.36 Å². The van der Waals surface area contributed by atoms with Crippen molar-refractivity contribution in [3.63, 3.8) is 0 Å². The van der Waals surface area contributed by atoms with E-state index in [9.17, 15) is 23.1 Å². The maximum Gasteiger partial charge on any atom is 0.573 e. The van der Waals surface area contributed by atoms with E-state index in [0.29, 0.717) is 22.4 Å². The standard InChI is InChI=1S/C20H20F3NO5/c1-28-18-9-6-15(19(27)24-11-16(26)12-25)10-14(18)5-2-13-3-7-17(8-4-13)29-20(21,22)23/h2-10,16,25-26H,11-12H2,1H3,(H,24,27)/b5-2+. The van der Waals surface area contributed by atoms with Crippen molar-refractivity contribution in [2.45, 2.75) is 12.5 Å². The van der Waals surface area contributed by atoms with Crippen LogP contribution in [0.2, 0.25) is 0 Å². The van der Waals surface area contributed by atoms with Crippen molar-refractivity contribution in [3.8, 4) is 11.5 Å². The van der Waals surface area contributed by atoms with Crippen LogP contribution < -0.4 is 14.8 Å². The minimum atomic E-state index is -4.75. The molecular formula is C20H20F3NO5. The smallest absolute Gasteiger partial charge is 0.496 e. The lowest BCUT2D eigenvalue weighted by Gasteiger charge is -2.11. The van der Waals surface area contributed by atoms with Crippen molar-refractivity contribution < 1.29 is 37.7 Å². The van der Waals surface area contributed by atoms with E-state index >= 15 is 0 Å². The first-order valence-corrected chi connectivity index (χ1v) is 8.51. The Balaban J connectivity index is 2.15. The van der Waals surface area contributed by atoms with Gasteiger partial charge in [-0.25, -0.2) is 0 Å². The molecular weight excluding hydrogens is 391 g/mol. The topological polar surface area (TPSA) is 88.0 Å². The number of carbonyl (C=O) groups excluding carboxylic acids is 1. The van der Waals surface area contributed by atoms with Gasteiger partial charge in [0.05, 0.1) is 19.8 Å². The molecule has 0 aromatic heterocycles. The van der Waals surface area contributed by atoms with Crippen LogP contribution in [0.25, 0.3) is 12.2 Å². The van der Waals surface area contributed by atoms with Crippen molar-refractivity contribution in [3.05, 3.63) is 59.2 Å².